The minimum atomic E-state index is -0.158. The molecule has 118 valence electrons. The highest BCUT2D eigenvalue weighted by Crippen LogP contribution is 2.30. The molecule has 0 radical (unpaired) electrons. The molecule has 5 heteroatoms. The summed E-state index contributed by atoms with van der Waals surface area (Å²) in [4.78, 5) is 28.0. The van der Waals surface area contributed by atoms with Gasteiger partial charge in [0.15, 0.2) is 0 Å². The van der Waals surface area contributed by atoms with Gasteiger partial charge in [0, 0.05) is 29.9 Å². The summed E-state index contributed by atoms with van der Waals surface area (Å²) < 4.78 is 0. The van der Waals surface area contributed by atoms with E-state index < -0.39 is 0 Å². The highest BCUT2D eigenvalue weighted by molar-refractivity contribution is 6.10. The molecule has 0 fully saturated rings. The van der Waals surface area contributed by atoms with Crippen molar-refractivity contribution in [3.63, 3.8) is 0 Å². The van der Waals surface area contributed by atoms with Crippen molar-refractivity contribution in [1.29, 1.82) is 0 Å². The van der Waals surface area contributed by atoms with Gasteiger partial charge in [0.05, 0.1) is 0 Å². The Morgan fingerprint density at radius 2 is 1.86 bits per heavy atom. The normalized spacial score (nSPS) is 13.7. The second-order valence-corrected chi connectivity index (χ2v) is 5.26. The molecule has 0 aliphatic carbocycles. The first-order chi connectivity index (χ1) is 10.6. The third-order valence-corrected chi connectivity index (χ3v) is 3.99. The van der Waals surface area contributed by atoms with Crippen LogP contribution >= 0.6 is 0 Å². The Kier molecular flexibility index (Phi) is 5.33. The molecule has 0 spiro atoms. The van der Waals surface area contributed by atoms with Crippen LogP contribution in [-0.2, 0) is 4.79 Å². The first kappa shape index (κ1) is 16.2. The molecule has 0 aromatic heterocycles. The van der Waals surface area contributed by atoms with Gasteiger partial charge in [0.2, 0.25) is 5.91 Å². The van der Waals surface area contributed by atoms with Gasteiger partial charge in [-0.3, -0.25) is 14.5 Å². The van der Waals surface area contributed by atoms with Crippen LogP contribution in [0.4, 0.5) is 0 Å². The lowest BCUT2D eigenvalue weighted by atomic mass is 10.1. The minimum Gasteiger partial charge on any atom is -0.353 e. The zero-order valence-corrected chi connectivity index (χ0v) is 13.3. The van der Waals surface area contributed by atoms with Gasteiger partial charge in [-0.2, -0.15) is 0 Å². The number of amides is 2. The van der Waals surface area contributed by atoms with Crippen LogP contribution in [0.25, 0.3) is 5.70 Å². The molecular weight excluding hydrogens is 278 g/mol. The summed E-state index contributed by atoms with van der Waals surface area (Å²) in [6, 6.07) is 7.30. The Morgan fingerprint density at radius 1 is 1.23 bits per heavy atom. The summed E-state index contributed by atoms with van der Waals surface area (Å²) in [6.45, 7) is 11.5. The number of carbonyl (C=O) groups excluding carboxylic acids is 2. The minimum absolute atomic E-state index is 0.0184. The molecule has 2 amide bonds. The van der Waals surface area contributed by atoms with Gasteiger partial charge in [-0.05, 0) is 19.2 Å². The molecule has 1 heterocycles. The third kappa shape index (κ3) is 3.36. The molecular formula is C17H23N3O2. The van der Waals surface area contributed by atoms with Gasteiger partial charge < -0.3 is 10.2 Å². The van der Waals surface area contributed by atoms with E-state index in [2.05, 4.69) is 30.6 Å². The fraction of sp³-hybridized carbons (Fsp3) is 0.412. The highest BCUT2D eigenvalue weighted by Gasteiger charge is 2.31. The summed E-state index contributed by atoms with van der Waals surface area (Å²) in [6.07, 6.45) is 0. The molecule has 0 unspecified atom stereocenters. The largest absolute Gasteiger partial charge is 0.353 e. The highest BCUT2D eigenvalue weighted by atomic mass is 16.2. The summed E-state index contributed by atoms with van der Waals surface area (Å²) in [7, 11) is 0. The van der Waals surface area contributed by atoms with Gasteiger partial charge in [-0.25, -0.2) is 0 Å². The van der Waals surface area contributed by atoms with Gasteiger partial charge in [-0.15, -0.1) is 0 Å². The third-order valence-electron chi connectivity index (χ3n) is 3.99. The van der Waals surface area contributed by atoms with Crippen molar-refractivity contribution in [1.82, 2.24) is 15.1 Å². The Hall–Kier alpha value is -2.14. The van der Waals surface area contributed by atoms with E-state index in [0.29, 0.717) is 17.8 Å². The Morgan fingerprint density at radius 3 is 2.45 bits per heavy atom. The second-order valence-electron chi connectivity index (χ2n) is 5.26. The van der Waals surface area contributed by atoms with E-state index in [0.717, 1.165) is 25.2 Å². The molecule has 1 N–H and O–H groups in total. The molecule has 1 aromatic carbocycles. The maximum absolute atomic E-state index is 12.3. The molecule has 1 aromatic rings. The monoisotopic (exact) mass is 301 g/mol. The lowest BCUT2D eigenvalue weighted by Gasteiger charge is -2.20. The van der Waals surface area contributed by atoms with Crippen molar-refractivity contribution >= 4 is 17.5 Å². The van der Waals surface area contributed by atoms with Crippen LogP contribution in [0.15, 0.2) is 30.8 Å². The average Bonchev–Trinajstić information content (AvgIpc) is 2.77. The molecule has 0 atom stereocenters. The van der Waals surface area contributed by atoms with E-state index in [1.807, 2.05) is 18.2 Å². The van der Waals surface area contributed by atoms with Crippen LogP contribution in [-0.4, -0.2) is 54.3 Å². The molecule has 0 saturated heterocycles. The lowest BCUT2D eigenvalue weighted by Crippen LogP contribution is -2.40. The summed E-state index contributed by atoms with van der Waals surface area (Å²) in [5, 5.41) is 2.86. The van der Waals surface area contributed by atoms with Crippen LogP contribution < -0.4 is 5.32 Å². The lowest BCUT2D eigenvalue weighted by molar-refractivity contribution is -0.121. The molecule has 5 nitrogen and oxygen atoms in total. The van der Waals surface area contributed by atoms with Gasteiger partial charge in [0.1, 0.15) is 6.54 Å². The zero-order chi connectivity index (χ0) is 16.1. The Labute approximate surface area is 131 Å². The van der Waals surface area contributed by atoms with Crippen LogP contribution in [0.1, 0.15) is 29.8 Å². The SMILES string of the molecule is C=C1c2ccccc2C(=O)N1CC(=O)NCCN(CC)CC. The molecule has 0 bridgehead atoms. The number of hydrogen-bond donors (Lipinski definition) is 1. The topological polar surface area (TPSA) is 52.7 Å². The predicted molar refractivity (Wildman–Crippen MR) is 87.3 cm³/mol. The summed E-state index contributed by atoms with van der Waals surface area (Å²) in [5.41, 5.74) is 2.02. The Balaban J connectivity index is 1.88. The summed E-state index contributed by atoms with van der Waals surface area (Å²) >= 11 is 0. The number of carbonyl (C=O) groups is 2. The van der Waals surface area contributed by atoms with Crippen LogP contribution in [0.2, 0.25) is 0 Å². The number of rotatable bonds is 7. The maximum Gasteiger partial charge on any atom is 0.259 e. The maximum atomic E-state index is 12.3. The quantitative estimate of drug-likeness (QED) is 0.832. The van der Waals surface area contributed by atoms with Gasteiger partial charge in [0.25, 0.3) is 5.91 Å². The van der Waals surface area contributed by atoms with Gasteiger partial charge in [-0.1, -0.05) is 38.6 Å². The van der Waals surface area contributed by atoms with Crippen molar-refractivity contribution in [2.75, 3.05) is 32.7 Å². The van der Waals surface area contributed by atoms with E-state index >= 15 is 0 Å². The van der Waals surface area contributed by atoms with E-state index in [4.69, 9.17) is 0 Å². The zero-order valence-electron chi connectivity index (χ0n) is 13.3. The number of hydrogen-bond acceptors (Lipinski definition) is 3. The molecule has 22 heavy (non-hydrogen) atoms. The fourth-order valence-electron chi connectivity index (χ4n) is 2.59. The second kappa shape index (κ2) is 7.22. The number of nitrogens with one attached hydrogen (secondary N) is 1. The van der Waals surface area contributed by atoms with Crippen molar-refractivity contribution in [3.05, 3.63) is 42.0 Å². The first-order valence-corrected chi connectivity index (χ1v) is 7.67. The average molecular weight is 301 g/mol. The molecule has 0 saturated carbocycles. The van der Waals surface area contributed by atoms with E-state index in [1.54, 1.807) is 6.07 Å². The predicted octanol–water partition coefficient (Wildman–Crippen LogP) is 1.57. The van der Waals surface area contributed by atoms with Crippen molar-refractivity contribution in [3.8, 4) is 0 Å². The number of nitrogens with zero attached hydrogens (tertiary/aromatic N) is 2. The molecule has 2 rings (SSSR count). The van der Waals surface area contributed by atoms with Crippen molar-refractivity contribution in [2.24, 2.45) is 0 Å². The van der Waals surface area contributed by atoms with E-state index in [1.165, 1.54) is 4.90 Å². The summed E-state index contributed by atoms with van der Waals surface area (Å²) in [5.74, 6) is -0.311. The van der Waals surface area contributed by atoms with Crippen LogP contribution in [0, 0.1) is 0 Å². The van der Waals surface area contributed by atoms with Crippen molar-refractivity contribution < 1.29 is 9.59 Å². The number of likely N-dealkylation sites (N-methyl/N-ethyl adjacent to an activating group) is 1. The van der Waals surface area contributed by atoms with Crippen LogP contribution in [0.3, 0.4) is 0 Å². The standard InChI is InChI=1S/C17H23N3O2/c1-4-19(5-2)11-10-18-16(21)12-20-13(3)14-8-6-7-9-15(14)17(20)22/h6-9H,3-5,10-12H2,1-2H3,(H,18,21). The fourth-order valence-corrected chi connectivity index (χ4v) is 2.59. The van der Waals surface area contributed by atoms with Gasteiger partial charge >= 0.3 is 0 Å². The first-order valence-electron chi connectivity index (χ1n) is 7.67. The Bertz CT molecular complexity index is 544. The smallest absolute Gasteiger partial charge is 0.259 e. The van der Waals surface area contributed by atoms with E-state index in [9.17, 15) is 9.59 Å². The number of benzene rings is 1. The van der Waals surface area contributed by atoms with Crippen molar-refractivity contribution in [2.45, 2.75) is 13.8 Å². The van der Waals surface area contributed by atoms with Crippen LogP contribution in [0.5, 0.6) is 0 Å². The number of fused-ring (bicyclic) bond motifs is 1. The van der Waals surface area contributed by atoms with E-state index in [-0.39, 0.29) is 18.4 Å². The molecule has 1 aliphatic rings. The molecule has 1 aliphatic heterocycles.